The van der Waals surface area contributed by atoms with E-state index in [2.05, 4.69) is 16.4 Å². The Morgan fingerprint density at radius 1 is 1.60 bits per heavy atom. The van der Waals surface area contributed by atoms with Gasteiger partial charge < -0.3 is 10.1 Å². The highest BCUT2D eigenvalue weighted by atomic mass is 16.5. The summed E-state index contributed by atoms with van der Waals surface area (Å²) in [5.74, 6) is 0.591. The van der Waals surface area contributed by atoms with Crippen LogP contribution in [0.5, 0.6) is 5.75 Å². The van der Waals surface area contributed by atoms with Gasteiger partial charge in [-0.2, -0.15) is 5.26 Å². The molecule has 1 fully saturated rings. The standard InChI is InChI=1S/C11H13N3O/c12-6-9-3-5-14-8-11(9)15-10-2-1-4-13-7-10/h3,5,8,10,13H,1-2,4,7H2/t10-/m0/s1. The first-order valence-electron chi connectivity index (χ1n) is 5.11. The highest BCUT2D eigenvalue weighted by Gasteiger charge is 2.15. The van der Waals surface area contributed by atoms with E-state index in [-0.39, 0.29) is 6.10 Å². The Labute approximate surface area is 88.9 Å². The number of nitriles is 1. The number of aromatic nitrogens is 1. The highest BCUT2D eigenvalue weighted by molar-refractivity contribution is 5.40. The Hall–Kier alpha value is -1.60. The van der Waals surface area contributed by atoms with Crippen molar-refractivity contribution in [1.29, 1.82) is 5.26 Å². The lowest BCUT2D eigenvalue weighted by atomic mass is 10.1. The summed E-state index contributed by atoms with van der Waals surface area (Å²) in [5, 5.41) is 12.1. The predicted octanol–water partition coefficient (Wildman–Crippen LogP) is 1.08. The van der Waals surface area contributed by atoms with Gasteiger partial charge in [-0.15, -0.1) is 0 Å². The first kappa shape index (κ1) is 9.94. The van der Waals surface area contributed by atoms with Crippen LogP contribution < -0.4 is 10.1 Å². The zero-order chi connectivity index (χ0) is 10.5. The van der Waals surface area contributed by atoms with E-state index in [0.29, 0.717) is 11.3 Å². The third-order valence-corrected chi connectivity index (χ3v) is 2.45. The molecule has 2 rings (SSSR count). The Morgan fingerprint density at radius 3 is 3.27 bits per heavy atom. The molecule has 0 amide bonds. The van der Waals surface area contributed by atoms with Gasteiger partial charge in [0.1, 0.15) is 12.2 Å². The van der Waals surface area contributed by atoms with Crippen LogP contribution in [0.25, 0.3) is 0 Å². The summed E-state index contributed by atoms with van der Waals surface area (Å²) in [4.78, 5) is 3.96. The molecule has 1 aliphatic rings. The molecule has 0 unspecified atom stereocenters. The molecule has 0 saturated carbocycles. The summed E-state index contributed by atoms with van der Waals surface area (Å²) in [7, 11) is 0. The van der Waals surface area contributed by atoms with Gasteiger partial charge in [0, 0.05) is 12.7 Å². The van der Waals surface area contributed by atoms with Crippen LogP contribution in [0.3, 0.4) is 0 Å². The van der Waals surface area contributed by atoms with Crippen LogP contribution in [0, 0.1) is 11.3 Å². The maximum Gasteiger partial charge on any atom is 0.155 e. The van der Waals surface area contributed by atoms with Gasteiger partial charge in [-0.25, -0.2) is 0 Å². The van der Waals surface area contributed by atoms with Crippen molar-refractivity contribution < 1.29 is 4.74 Å². The minimum absolute atomic E-state index is 0.162. The molecule has 1 atom stereocenters. The van der Waals surface area contributed by atoms with Crippen molar-refractivity contribution in [3.63, 3.8) is 0 Å². The topological polar surface area (TPSA) is 57.9 Å². The second-order valence-corrected chi connectivity index (χ2v) is 3.57. The summed E-state index contributed by atoms with van der Waals surface area (Å²) in [5.41, 5.74) is 0.551. The van der Waals surface area contributed by atoms with E-state index in [1.807, 2.05) is 0 Å². The second kappa shape index (κ2) is 4.76. The number of hydrogen-bond acceptors (Lipinski definition) is 4. The van der Waals surface area contributed by atoms with Gasteiger partial charge in [-0.05, 0) is 25.5 Å². The van der Waals surface area contributed by atoms with E-state index in [1.165, 1.54) is 0 Å². The van der Waals surface area contributed by atoms with Crippen LogP contribution in [0.15, 0.2) is 18.5 Å². The van der Waals surface area contributed by atoms with Gasteiger partial charge in [0.05, 0.1) is 11.8 Å². The molecule has 0 spiro atoms. The van der Waals surface area contributed by atoms with Crippen LogP contribution in [0.2, 0.25) is 0 Å². The van der Waals surface area contributed by atoms with Crippen molar-refractivity contribution in [3.05, 3.63) is 24.0 Å². The second-order valence-electron chi connectivity index (χ2n) is 3.57. The fraction of sp³-hybridized carbons (Fsp3) is 0.455. The van der Waals surface area contributed by atoms with Crippen LogP contribution in [0.1, 0.15) is 18.4 Å². The zero-order valence-corrected chi connectivity index (χ0v) is 8.44. The monoisotopic (exact) mass is 203 g/mol. The van der Waals surface area contributed by atoms with E-state index < -0.39 is 0 Å². The van der Waals surface area contributed by atoms with Crippen LogP contribution in [-0.2, 0) is 0 Å². The molecular formula is C11H13N3O. The van der Waals surface area contributed by atoms with Gasteiger partial charge in [-0.1, -0.05) is 0 Å². The van der Waals surface area contributed by atoms with E-state index >= 15 is 0 Å². The van der Waals surface area contributed by atoms with E-state index in [1.54, 1.807) is 18.5 Å². The Kier molecular flexibility index (Phi) is 3.15. The zero-order valence-electron chi connectivity index (χ0n) is 8.44. The van der Waals surface area contributed by atoms with Crippen molar-refractivity contribution in [1.82, 2.24) is 10.3 Å². The summed E-state index contributed by atoms with van der Waals surface area (Å²) < 4.78 is 5.73. The molecule has 78 valence electrons. The minimum Gasteiger partial charge on any atom is -0.486 e. The third-order valence-electron chi connectivity index (χ3n) is 2.45. The average molecular weight is 203 g/mol. The molecule has 4 heteroatoms. The van der Waals surface area contributed by atoms with Crippen molar-refractivity contribution in [2.24, 2.45) is 0 Å². The molecule has 1 saturated heterocycles. The number of nitrogens with one attached hydrogen (secondary N) is 1. The maximum absolute atomic E-state index is 8.87. The number of hydrogen-bond donors (Lipinski definition) is 1. The molecule has 15 heavy (non-hydrogen) atoms. The van der Waals surface area contributed by atoms with Gasteiger partial charge in [0.25, 0.3) is 0 Å². The third kappa shape index (κ3) is 2.45. The molecule has 0 aliphatic carbocycles. The molecule has 2 heterocycles. The van der Waals surface area contributed by atoms with Crippen molar-refractivity contribution in [2.45, 2.75) is 18.9 Å². The number of nitrogens with zero attached hydrogens (tertiary/aromatic N) is 2. The molecule has 0 radical (unpaired) electrons. The number of rotatable bonds is 2. The van der Waals surface area contributed by atoms with E-state index in [9.17, 15) is 0 Å². The lowest BCUT2D eigenvalue weighted by Crippen LogP contribution is -2.37. The van der Waals surface area contributed by atoms with Gasteiger partial charge in [-0.3, -0.25) is 4.98 Å². The number of ether oxygens (including phenoxy) is 1. The normalized spacial score (nSPS) is 20.6. The maximum atomic E-state index is 8.87. The molecular weight excluding hydrogens is 190 g/mol. The molecule has 1 N–H and O–H groups in total. The first-order chi connectivity index (χ1) is 7.40. The van der Waals surface area contributed by atoms with Crippen LogP contribution in [0.4, 0.5) is 0 Å². The summed E-state index contributed by atoms with van der Waals surface area (Å²) in [6, 6.07) is 3.77. The Bertz CT molecular complexity index is 366. The average Bonchev–Trinajstić information content (AvgIpc) is 2.31. The smallest absolute Gasteiger partial charge is 0.155 e. The number of pyridine rings is 1. The van der Waals surface area contributed by atoms with Crippen LogP contribution in [-0.4, -0.2) is 24.2 Å². The van der Waals surface area contributed by atoms with Crippen LogP contribution >= 0.6 is 0 Å². The quantitative estimate of drug-likeness (QED) is 0.781. The predicted molar refractivity (Wildman–Crippen MR) is 55.5 cm³/mol. The molecule has 1 aromatic rings. The Morgan fingerprint density at radius 2 is 2.53 bits per heavy atom. The summed E-state index contributed by atoms with van der Waals surface area (Å²) in [6.45, 7) is 1.90. The van der Waals surface area contributed by atoms with Gasteiger partial charge in [0.15, 0.2) is 5.75 Å². The molecule has 0 aromatic carbocycles. The fourth-order valence-corrected chi connectivity index (χ4v) is 1.67. The van der Waals surface area contributed by atoms with Crippen molar-refractivity contribution in [2.75, 3.05) is 13.1 Å². The SMILES string of the molecule is N#Cc1ccncc1O[C@H]1CCCNC1. The van der Waals surface area contributed by atoms with Gasteiger partial charge >= 0.3 is 0 Å². The van der Waals surface area contributed by atoms with E-state index in [0.717, 1.165) is 25.9 Å². The lowest BCUT2D eigenvalue weighted by molar-refractivity contribution is 0.166. The minimum atomic E-state index is 0.162. The van der Waals surface area contributed by atoms with Gasteiger partial charge in [0.2, 0.25) is 0 Å². The summed E-state index contributed by atoms with van der Waals surface area (Å²) in [6.07, 6.45) is 5.52. The number of piperidine rings is 1. The largest absolute Gasteiger partial charge is 0.486 e. The van der Waals surface area contributed by atoms with Crippen molar-refractivity contribution >= 4 is 0 Å². The molecule has 4 nitrogen and oxygen atoms in total. The molecule has 1 aliphatic heterocycles. The van der Waals surface area contributed by atoms with Crippen molar-refractivity contribution in [3.8, 4) is 11.8 Å². The van der Waals surface area contributed by atoms with E-state index in [4.69, 9.17) is 10.00 Å². The fourth-order valence-electron chi connectivity index (χ4n) is 1.67. The summed E-state index contributed by atoms with van der Waals surface area (Å²) >= 11 is 0. The molecule has 0 bridgehead atoms. The highest BCUT2D eigenvalue weighted by Crippen LogP contribution is 2.18. The first-order valence-corrected chi connectivity index (χ1v) is 5.11. The lowest BCUT2D eigenvalue weighted by Gasteiger charge is -2.24. The Balaban J connectivity index is 2.06. The molecule has 1 aromatic heterocycles.